The number of alkyl halides is 3. The summed E-state index contributed by atoms with van der Waals surface area (Å²) in [4.78, 5) is 32.8. The molecule has 3 heterocycles. The van der Waals surface area contributed by atoms with Crippen molar-refractivity contribution in [2.24, 2.45) is 5.73 Å². The van der Waals surface area contributed by atoms with E-state index in [0.29, 0.717) is 5.92 Å². The number of primary amides is 1. The molecule has 0 saturated heterocycles. The van der Waals surface area contributed by atoms with Gasteiger partial charge in [-0.1, -0.05) is 0 Å². The number of fused-ring (bicyclic) bond motifs is 2. The van der Waals surface area contributed by atoms with E-state index >= 15 is 0 Å². The number of nitrogens with one attached hydrogen (secondary N) is 2. The minimum Gasteiger partial charge on any atom is -0.489 e. The van der Waals surface area contributed by atoms with Crippen molar-refractivity contribution < 1.29 is 37.0 Å². The Hall–Kier alpha value is -4.45. The summed E-state index contributed by atoms with van der Waals surface area (Å²) >= 11 is 0. The van der Waals surface area contributed by atoms with Crippen LogP contribution in [0.5, 0.6) is 5.75 Å². The number of aromatic amines is 1. The molecular weight excluding hydrogens is 556 g/mol. The molecule has 2 amide bonds. The maximum atomic E-state index is 14.6. The minimum absolute atomic E-state index is 0.00871. The molecule has 6 rings (SSSR count). The number of amides is 2. The van der Waals surface area contributed by atoms with E-state index in [2.05, 4.69) is 15.3 Å². The van der Waals surface area contributed by atoms with Crippen molar-refractivity contribution in [3.8, 4) is 17.0 Å². The standard InChI is InChI=1S/C30H26F4N4O4/c1-28(27(35)40)14-42-25-20(28)12-23(38-24(25)16-4-7-19(31)8-5-16)29(41,30(32,33)34)13-36-26(39)17-6-9-21-18(10-17)11-22(37-21)15-2-3-15/h4-12,15,37,41H,2-3,13-14H2,1H3,(H2,35,40)(H,36,39)/t28-,29?/m0/s1. The molecule has 2 aromatic heterocycles. The third-order valence-corrected chi connectivity index (χ3v) is 8.05. The first-order valence-corrected chi connectivity index (χ1v) is 13.2. The zero-order chi connectivity index (χ0) is 30.0. The number of pyridine rings is 1. The number of benzene rings is 2. The van der Waals surface area contributed by atoms with E-state index in [1.165, 1.54) is 25.1 Å². The molecular formula is C30H26F4N4O4. The molecule has 0 bridgehead atoms. The average molecular weight is 583 g/mol. The van der Waals surface area contributed by atoms with Crippen molar-refractivity contribution in [2.75, 3.05) is 13.2 Å². The Balaban J connectivity index is 1.38. The number of rotatable bonds is 7. The lowest BCUT2D eigenvalue weighted by molar-refractivity contribution is -0.265. The van der Waals surface area contributed by atoms with E-state index in [-0.39, 0.29) is 34.7 Å². The fourth-order valence-corrected chi connectivity index (χ4v) is 5.16. The van der Waals surface area contributed by atoms with E-state index in [9.17, 15) is 32.3 Å². The average Bonchev–Trinajstić information content (AvgIpc) is 3.62. The lowest BCUT2D eigenvalue weighted by atomic mass is 9.81. The molecule has 1 saturated carbocycles. The lowest BCUT2D eigenvalue weighted by Gasteiger charge is -2.31. The highest BCUT2D eigenvalue weighted by molar-refractivity contribution is 5.98. The Morgan fingerprint density at radius 2 is 1.86 bits per heavy atom. The van der Waals surface area contributed by atoms with Gasteiger partial charge in [0, 0.05) is 33.3 Å². The molecule has 2 aromatic carbocycles. The fraction of sp³-hybridized carbons (Fsp3) is 0.300. The zero-order valence-corrected chi connectivity index (χ0v) is 22.3. The quantitative estimate of drug-likeness (QED) is 0.238. The van der Waals surface area contributed by atoms with Crippen molar-refractivity contribution in [2.45, 2.75) is 42.9 Å². The molecule has 4 aromatic rings. The third kappa shape index (κ3) is 4.55. The van der Waals surface area contributed by atoms with Crippen LogP contribution in [-0.4, -0.2) is 46.2 Å². The highest BCUT2D eigenvalue weighted by atomic mass is 19.4. The molecule has 218 valence electrons. The van der Waals surface area contributed by atoms with Gasteiger partial charge in [0.25, 0.3) is 5.91 Å². The first-order valence-electron chi connectivity index (χ1n) is 13.2. The van der Waals surface area contributed by atoms with Gasteiger partial charge in [0.2, 0.25) is 11.5 Å². The SMILES string of the molecule is C[C@]1(C(N)=O)COc2c1cc(C(O)(CNC(=O)c1ccc3[nH]c(C4CC4)cc3c1)C(F)(F)F)nc2-c1ccc(F)cc1. The Morgan fingerprint density at radius 3 is 2.50 bits per heavy atom. The van der Waals surface area contributed by atoms with E-state index in [0.717, 1.165) is 47.6 Å². The molecule has 8 nitrogen and oxygen atoms in total. The van der Waals surface area contributed by atoms with Crippen LogP contribution in [0.3, 0.4) is 0 Å². The van der Waals surface area contributed by atoms with Crippen LogP contribution >= 0.6 is 0 Å². The predicted octanol–water partition coefficient (Wildman–Crippen LogP) is 4.56. The predicted molar refractivity (Wildman–Crippen MR) is 144 cm³/mol. The Morgan fingerprint density at radius 1 is 1.14 bits per heavy atom. The number of aromatic nitrogens is 2. The highest BCUT2D eigenvalue weighted by Crippen LogP contribution is 2.48. The second kappa shape index (κ2) is 9.55. The Bertz CT molecular complexity index is 1730. The van der Waals surface area contributed by atoms with Crippen molar-refractivity contribution in [1.29, 1.82) is 0 Å². The van der Waals surface area contributed by atoms with Crippen LogP contribution in [-0.2, 0) is 15.8 Å². The molecule has 5 N–H and O–H groups in total. The summed E-state index contributed by atoms with van der Waals surface area (Å²) in [6, 6.07) is 12.3. The summed E-state index contributed by atoms with van der Waals surface area (Å²) in [5.41, 5.74) is 1.46. The number of hydrogen-bond acceptors (Lipinski definition) is 5. The van der Waals surface area contributed by atoms with Gasteiger partial charge in [-0.25, -0.2) is 9.37 Å². The molecule has 1 aliphatic heterocycles. The van der Waals surface area contributed by atoms with Crippen molar-refractivity contribution in [3.05, 3.63) is 82.9 Å². The number of halogens is 4. The van der Waals surface area contributed by atoms with Crippen LogP contribution in [0.4, 0.5) is 17.6 Å². The first-order chi connectivity index (χ1) is 19.8. The third-order valence-electron chi connectivity index (χ3n) is 8.05. The molecule has 42 heavy (non-hydrogen) atoms. The van der Waals surface area contributed by atoms with Gasteiger partial charge >= 0.3 is 6.18 Å². The number of hydrogen-bond donors (Lipinski definition) is 4. The number of aliphatic hydroxyl groups is 1. The molecule has 2 aliphatic rings. The normalized spacial score (nSPS) is 19.7. The number of carbonyl (C=O) groups excluding carboxylic acids is 2. The Kier molecular flexibility index (Phi) is 6.30. The number of ether oxygens (including phenoxy) is 1. The maximum absolute atomic E-state index is 14.6. The van der Waals surface area contributed by atoms with Gasteiger partial charge in [-0.3, -0.25) is 9.59 Å². The van der Waals surface area contributed by atoms with Crippen LogP contribution in [0.25, 0.3) is 22.2 Å². The maximum Gasteiger partial charge on any atom is 0.424 e. The number of H-pyrrole nitrogens is 1. The number of nitrogens with zero attached hydrogens (tertiary/aromatic N) is 1. The minimum atomic E-state index is -5.31. The van der Waals surface area contributed by atoms with Gasteiger partial charge in [-0.2, -0.15) is 13.2 Å². The monoisotopic (exact) mass is 582 g/mol. The van der Waals surface area contributed by atoms with Gasteiger partial charge < -0.3 is 25.9 Å². The van der Waals surface area contributed by atoms with Gasteiger partial charge in [0.05, 0.1) is 12.2 Å². The van der Waals surface area contributed by atoms with Gasteiger partial charge in [0.15, 0.2) is 0 Å². The Labute approximate surface area is 236 Å². The molecule has 0 radical (unpaired) electrons. The van der Waals surface area contributed by atoms with Crippen LogP contribution in [0, 0.1) is 5.82 Å². The van der Waals surface area contributed by atoms with Crippen LogP contribution in [0.1, 0.15) is 53.0 Å². The largest absolute Gasteiger partial charge is 0.489 e. The van der Waals surface area contributed by atoms with E-state index in [4.69, 9.17) is 10.5 Å². The number of nitrogens with two attached hydrogens (primary N) is 1. The molecule has 1 fully saturated rings. The first kappa shape index (κ1) is 27.7. The summed E-state index contributed by atoms with van der Waals surface area (Å²) in [6.07, 6.45) is -3.17. The van der Waals surface area contributed by atoms with Crippen LogP contribution in [0.15, 0.2) is 54.6 Å². The second-order valence-electron chi connectivity index (χ2n) is 11.1. The topological polar surface area (TPSA) is 130 Å². The highest BCUT2D eigenvalue weighted by Gasteiger charge is 2.57. The van der Waals surface area contributed by atoms with E-state index in [1.54, 1.807) is 12.1 Å². The summed E-state index contributed by atoms with van der Waals surface area (Å²) in [7, 11) is 0. The van der Waals surface area contributed by atoms with Crippen molar-refractivity contribution in [3.63, 3.8) is 0 Å². The van der Waals surface area contributed by atoms with E-state index in [1.807, 2.05) is 6.07 Å². The van der Waals surface area contributed by atoms with Crippen molar-refractivity contribution in [1.82, 2.24) is 15.3 Å². The lowest BCUT2D eigenvalue weighted by Crippen LogP contribution is -2.51. The van der Waals surface area contributed by atoms with E-state index < -0.39 is 47.1 Å². The molecule has 1 unspecified atom stereocenters. The van der Waals surface area contributed by atoms with Gasteiger partial charge in [-0.05, 0) is 80.3 Å². The molecule has 1 aliphatic carbocycles. The summed E-state index contributed by atoms with van der Waals surface area (Å²) in [5, 5.41) is 14.1. The summed E-state index contributed by atoms with van der Waals surface area (Å²) in [6.45, 7) is -0.154. The summed E-state index contributed by atoms with van der Waals surface area (Å²) in [5.74, 6) is -1.86. The van der Waals surface area contributed by atoms with Crippen LogP contribution in [0.2, 0.25) is 0 Å². The molecule has 2 atom stereocenters. The van der Waals surface area contributed by atoms with Crippen LogP contribution < -0.4 is 15.8 Å². The van der Waals surface area contributed by atoms with Crippen molar-refractivity contribution >= 4 is 22.7 Å². The zero-order valence-electron chi connectivity index (χ0n) is 22.3. The second-order valence-corrected chi connectivity index (χ2v) is 11.1. The number of carbonyl (C=O) groups is 2. The van der Waals surface area contributed by atoms with Gasteiger partial charge in [0.1, 0.15) is 29.3 Å². The molecule has 0 spiro atoms. The molecule has 12 heteroatoms. The van der Waals surface area contributed by atoms with Gasteiger partial charge in [-0.15, -0.1) is 0 Å². The smallest absolute Gasteiger partial charge is 0.424 e. The summed E-state index contributed by atoms with van der Waals surface area (Å²) < 4.78 is 63.1. The fourth-order valence-electron chi connectivity index (χ4n) is 5.16.